The number of aromatic nitrogens is 1. The SMILES string of the molecule is CC1CCCN(C(=O)Cc2csc(C(C)(C)C)n2)C1CO. The zero-order valence-electron chi connectivity index (χ0n) is 13.4. The predicted molar refractivity (Wildman–Crippen MR) is 85.5 cm³/mol. The Morgan fingerprint density at radius 2 is 2.24 bits per heavy atom. The van der Waals surface area contributed by atoms with Crippen molar-refractivity contribution in [2.45, 2.75) is 58.4 Å². The molecule has 1 amide bonds. The molecule has 5 heteroatoms. The fraction of sp³-hybridized carbons (Fsp3) is 0.750. The first kappa shape index (κ1) is 16.4. The number of carbonyl (C=O) groups is 1. The van der Waals surface area contributed by atoms with Gasteiger partial charge in [-0.2, -0.15) is 0 Å². The normalized spacial score (nSPS) is 23.4. The minimum absolute atomic E-state index is 0.0270. The first-order chi connectivity index (χ1) is 9.82. The highest BCUT2D eigenvalue weighted by atomic mass is 32.1. The number of thiazole rings is 1. The standard InChI is InChI=1S/C16H26N2O2S/c1-11-6-5-7-18(13(11)9-19)14(20)8-12-10-21-15(17-12)16(2,3)4/h10-11,13,19H,5-9H2,1-4H3. The number of carbonyl (C=O) groups excluding carboxylic acids is 1. The average molecular weight is 310 g/mol. The molecule has 0 radical (unpaired) electrons. The lowest BCUT2D eigenvalue weighted by Gasteiger charge is -2.39. The average Bonchev–Trinajstić information content (AvgIpc) is 2.86. The molecule has 4 nitrogen and oxygen atoms in total. The fourth-order valence-electron chi connectivity index (χ4n) is 2.83. The van der Waals surface area contributed by atoms with Crippen LogP contribution in [0.2, 0.25) is 0 Å². The summed E-state index contributed by atoms with van der Waals surface area (Å²) in [5, 5.41) is 12.6. The first-order valence-electron chi connectivity index (χ1n) is 7.68. The molecular weight excluding hydrogens is 284 g/mol. The Labute approximate surface area is 131 Å². The highest BCUT2D eigenvalue weighted by Gasteiger charge is 2.31. The smallest absolute Gasteiger partial charge is 0.228 e. The molecule has 2 rings (SSSR count). The van der Waals surface area contributed by atoms with Crippen LogP contribution >= 0.6 is 11.3 Å². The van der Waals surface area contributed by atoms with Gasteiger partial charge >= 0.3 is 0 Å². The summed E-state index contributed by atoms with van der Waals surface area (Å²) in [6.45, 7) is 9.31. The van der Waals surface area contributed by atoms with Crippen LogP contribution in [0, 0.1) is 5.92 Å². The van der Waals surface area contributed by atoms with Crippen LogP contribution < -0.4 is 0 Å². The van der Waals surface area contributed by atoms with Crippen molar-refractivity contribution in [3.05, 3.63) is 16.1 Å². The van der Waals surface area contributed by atoms with E-state index in [1.54, 1.807) is 11.3 Å². The second-order valence-electron chi connectivity index (χ2n) is 7.03. The molecule has 21 heavy (non-hydrogen) atoms. The second kappa shape index (κ2) is 6.44. The molecule has 0 spiro atoms. The number of piperidine rings is 1. The molecule has 2 atom stereocenters. The molecule has 1 aliphatic rings. The van der Waals surface area contributed by atoms with Crippen molar-refractivity contribution in [2.24, 2.45) is 5.92 Å². The lowest BCUT2D eigenvalue weighted by atomic mass is 9.91. The molecule has 118 valence electrons. The van der Waals surface area contributed by atoms with Crippen LogP contribution in [0.5, 0.6) is 0 Å². The van der Waals surface area contributed by atoms with Gasteiger partial charge in [-0.3, -0.25) is 4.79 Å². The first-order valence-corrected chi connectivity index (χ1v) is 8.56. The summed E-state index contributed by atoms with van der Waals surface area (Å²) in [6, 6.07) is -0.0352. The maximum absolute atomic E-state index is 12.5. The van der Waals surface area contributed by atoms with Crippen molar-refractivity contribution in [1.29, 1.82) is 0 Å². The molecule has 0 saturated carbocycles. The quantitative estimate of drug-likeness (QED) is 0.933. The summed E-state index contributed by atoms with van der Waals surface area (Å²) in [6.07, 6.45) is 2.45. The Balaban J connectivity index is 2.05. The van der Waals surface area contributed by atoms with Crippen LogP contribution in [0.4, 0.5) is 0 Å². The van der Waals surface area contributed by atoms with E-state index in [9.17, 15) is 9.90 Å². The molecule has 1 saturated heterocycles. The molecule has 1 aliphatic heterocycles. The molecule has 1 fully saturated rings. The van der Waals surface area contributed by atoms with Crippen molar-refractivity contribution < 1.29 is 9.90 Å². The van der Waals surface area contributed by atoms with E-state index in [1.165, 1.54) is 0 Å². The monoisotopic (exact) mass is 310 g/mol. The van der Waals surface area contributed by atoms with Crippen molar-refractivity contribution >= 4 is 17.2 Å². The highest BCUT2D eigenvalue weighted by molar-refractivity contribution is 7.09. The van der Waals surface area contributed by atoms with Crippen LogP contribution in [0.1, 0.15) is 51.2 Å². The number of amides is 1. The van der Waals surface area contributed by atoms with Crippen molar-refractivity contribution in [3.8, 4) is 0 Å². The molecule has 2 heterocycles. The predicted octanol–water partition coefficient (Wildman–Crippen LogP) is 2.60. The van der Waals surface area contributed by atoms with Gasteiger partial charge in [-0.1, -0.05) is 27.7 Å². The van der Waals surface area contributed by atoms with Gasteiger partial charge in [0.1, 0.15) is 0 Å². The topological polar surface area (TPSA) is 53.4 Å². The van der Waals surface area contributed by atoms with Crippen LogP contribution in [0.3, 0.4) is 0 Å². The van der Waals surface area contributed by atoms with E-state index >= 15 is 0 Å². The van der Waals surface area contributed by atoms with Crippen LogP contribution in [0.25, 0.3) is 0 Å². The largest absolute Gasteiger partial charge is 0.394 e. The third kappa shape index (κ3) is 3.83. The fourth-order valence-corrected chi connectivity index (χ4v) is 3.73. The van der Waals surface area contributed by atoms with Crippen molar-refractivity contribution in [2.75, 3.05) is 13.2 Å². The van der Waals surface area contributed by atoms with Gasteiger partial charge in [0, 0.05) is 17.3 Å². The van der Waals surface area contributed by atoms with Crippen molar-refractivity contribution in [1.82, 2.24) is 9.88 Å². The van der Waals surface area contributed by atoms with E-state index in [-0.39, 0.29) is 24.0 Å². The summed E-state index contributed by atoms with van der Waals surface area (Å²) in [7, 11) is 0. The lowest BCUT2D eigenvalue weighted by molar-refractivity contribution is -0.136. The van der Waals surface area contributed by atoms with E-state index in [0.29, 0.717) is 12.3 Å². The van der Waals surface area contributed by atoms with E-state index in [2.05, 4.69) is 32.7 Å². The molecule has 2 unspecified atom stereocenters. The number of nitrogens with zero attached hydrogens (tertiary/aromatic N) is 2. The third-order valence-corrected chi connectivity index (χ3v) is 5.47. The summed E-state index contributed by atoms with van der Waals surface area (Å²) >= 11 is 1.62. The maximum Gasteiger partial charge on any atom is 0.228 e. The molecule has 1 N–H and O–H groups in total. The van der Waals surface area contributed by atoms with Gasteiger partial charge in [0.15, 0.2) is 0 Å². The molecule has 1 aromatic rings. The number of aliphatic hydroxyl groups is 1. The number of likely N-dealkylation sites (tertiary alicyclic amines) is 1. The Morgan fingerprint density at radius 1 is 1.52 bits per heavy atom. The van der Waals surface area contributed by atoms with Crippen LogP contribution in [-0.4, -0.2) is 40.1 Å². The number of hydrogen-bond acceptors (Lipinski definition) is 4. The van der Waals surface area contributed by atoms with E-state index < -0.39 is 0 Å². The van der Waals surface area contributed by atoms with Gasteiger partial charge in [0.2, 0.25) is 5.91 Å². The minimum atomic E-state index is -0.0352. The minimum Gasteiger partial charge on any atom is -0.394 e. The van der Waals surface area contributed by atoms with Gasteiger partial charge in [0.25, 0.3) is 0 Å². The Morgan fingerprint density at radius 3 is 2.81 bits per heavy atom. The number of hydrogen-bond donors (Lipinski definition) is 1. The van der Waals surface area contributed by atoms with E-state index in [0.717, 1.165) is 30.1 Å². The Bertz CT molecular complexity index is 493. The summed E-state index contributed by atoms with van der Waals surface area (Å²) < 4.78 is 0. The molecule has 1 aromatic heterocycles. The van der Waals surface area contributed by atoms with Crippen molar-refractivity contribution in [3.63, 3.8) is 0 Å². The van der Waals surface area contributed by atoms with Gasteiger partial charge < -0.3 is 10.0 Å². The van der Waals surface area contributed by atoms with Gasteiger partial charge in [-0.05, 0) is 18.8 Å². The highest BCUT2D eigenvalue weighted by Crippen LogP contribution is 2.27. The summed E-state index contributed by atoms with van der Waals surface area (Å²) in [5.74, 6) is 0.458. The number of aliphatic hydroxyl groups excluding tert-OH is 1. The zero-order valence-corrected chi connectivity index (χ0v) is 14.2. The van der Waals surface area contributed by atoms with Crippen LogP contribution in [-0.2, 0) is 16.6 Å². The van der Waals surface area contributed by atoms with E-state index in [1.807, 2.05) is 10.3 Å². The van der Waals surface area contributed by atoms with Gasteiger partial charge in [-0.15, -0.1) is 11.3 Å². The number of rotatable bonds is 3. The Kier molecular flexibility index (Phi) is 5.04. The summed E-state index contributed by atoms with van der Waals surface area (Å²) in [4.78, 5) is 19.0. The van der Waals surface area contributed by atoms with Gasteiger partial charge in [0.05, 0.1) is 29.8 Å². The van der Waals surface area contributed by atoms with Crippen LogP contribution in [0.15, 0.2) is 5.38 Å². The second-order valence-corrected chi connectivity index (χ2v) is 7.89. The third-order valence-electron chi connectivity index (χ3n) is 4.15. The maximum atomic E-state index is 12.5. The van der Waals surface area contributed by atoms with E-state index in [4.69, 9.17) is 0 Å². The molecule has 0 bridgehead atoms. The zero-order chi connectivity index (χ0) is 15.6. The van der Waals surface area contributed by atoms with Gasteiger partial charge in [-0.25, -0.2) is 4.98 Å². The lowest BCUT2D eigenvalue weighted by Crippen LogP contribution is -2.50. The molecular formula is C16H26N2O2S. The molecule has 0 aromatic carbocycles. The summed E-state index contributed by atoms with van der Waals surface area (Å²) in [5.41, 5.74) is 0.879. The molecule has 0 aliphatic carbocycles. The Hall–Kier alpha value is -0.940.